The molecule has 8 heteroatoms. The van der Waals surface area contributed by atoms with Crippen molar-refractivity contribution in [2.75, 3.05) is 40.4 Å². The second-order valence-electron chi connectivity index (χ2n) is 9.94. The van der Waals surface area contributed by atoms with Gasteiger partial charge in [-0.1, -0.05) is 18.5 Å². The Morgan fingerprint density at radius 3 is 2.41 bits per heavy atom. The number of hydrogen-bond donors (Lipinski definition) is 0. The Morgan fingerprint density at radius 2 is 1.79 bits per heavy atom. The third kappa shape index (κ3) is 6.37. The number of hydrogen-bond acceptors (Lipinski definition) is 6. The number of carbonyl (C=O) groups excluding carboxylic acids is 3. The van der Waals surface area contributed by atoms with Gasteiger partial charge in [-0.25, -0.2) is 0 Å². The van der Waals surface area contributed by atoms with Crippen molar-refractivity contribution in [3.8, 4) is 0 Å². The fourth-order valence-corrected chi connectivity index (χ4v) is 5.16. The van der Waals surface area contributed by atoms with E-state index in [1.807, 2.05) is 4.90 Å². The van der Waals surface area contributed by atoms with Gasteiger partial charge in [-0.3, -0.25) is 19.3 Å². The molecular weight excluding hydrogens is 456 g/mol. The van der Waals surface area contributed by atoms with Gasteiger partial charge in [0.2, 0.25) is 0 Å². The molecule has 0 aromatic heterocycles. The summed E-state index contributed by atoms with van der Waals surface area (Å²) in [4.78, 5) is 42.4. The number of amides is 1. The highest BCUT2D eigenvalue weighted by Crippen LogP contribution is 2.32. The molecule has 2 aliphatic rings. The topological polar surface area (TPSA) is 76.2 Å². The zero-order valence-corrected chi connectivity index (χ0v) is 21.5. The third-order valence-corrected chi connectivity index (χ3v) is 7.75. The van der Waals surface area contributed by atoms with Crippen LogP contribution in [0.4, 0.5) is 0 Å². The molecule has 2 saturated heterocycles. The number of rotatable bonds is 2. The lowest BCUT2D eigenvalue weighted by Gasteiger charge is -2.47. The monoisotopic (exact) mass is 492 g/mol. The molecule has 7 nitrogen and oxygen atoms in total. The molecule has 3 rings (SSSR count). The molecule has 2 unspecified atom stereocenters. The molecule has 188 valence electrons. The van der Waals surface area contributed by atoms with Crippen LogP contribution in [-0.2, 0) is 19.1 Å². The van der Waals surface area contributed by atoms with Crippen LogP contribution in [0.3, 0.4) is 0 Å². The molecule has 0 saturated carbocycles. The summed E-state index contributed by atoms with van der Waals surface area (Å²) in [6, 6.07) is 6.93. The summed E-state index contributed by atoms with van der Waals surface area (Å²) in [5.41, 5.74) is 0.224. The fraction of sp³-hybridized carbons (Fsp3) is 0.654. The lowest BCUT2D eigenvalue weighted by molar-refractivity contribution is -0.156. The molecule has 1 spiro atoms. The number of ether oxygens (including phenoxy) is 2. The lowest BCUT2D eigenvalue weighted by Crippen LogP contribution is -2.58. The quantitative estimate of drug-likeness (QED) is 0.461. The summed E-state index contributed by atoms with van der Waals surface area (Å²) in [6.07, 6.45) is 3.09. The van der Waals surface area contributed by atoms with Crippen molar-refractivity contribution in [3.63, 3.8) is 0 Å². The van der Waals surface area contributed by atoms with Crippen LogP contribution in [-0.4, -0.2) is 79.5 Å². The average molecular weight is 493 g/mol. The number of carbonyl (C=O) groups is 3. The Balaban J connectivity index is 1.76. The molecule has 2 aliphatic heterocycles. The molecule has 0 N–H and O–H groups in total. The molecule has 34 heavy (non-hydrogen) atoms. The van der Waals surface area contributed by atoms with E-state index < -0.39 is 11.9 Å². The highest BCUT2D eigenvalue weighted by atomic mass is 35.5. The van der Waals surface area contributed by atoms with Crippen LogP contribution >= 0.6 is 11.6 Å². The minimum atomic E-state index is -0.787. The highest BCUT2D eigenvalue weighted by molar-refractivity contribution is 6.30. The molecule has 1 aromatic carbocycles. The van der Waals surface area contributed by atoms with E-state index in [1.165, 1.54) is 0 Å². The van der Waals surface area contributed by atoms with Gasteiger partial charge in [-0.2, -0.15) is 0 Å². The lowest BCUT2D eigenvalue weighted by atomic mass is 9.85. The third-order valence-electron chi connectivity index (χ3n) is 7.50. The number of methoxy groups -OCH3 is 1. The van der Waals surface area contributed by atoms with Gasteiger partial charge < -0.3 is 14.4 Å². The van der Waals surface area contributed by atoms with E-state index in [4.69, 9.17) is 21.1 Å². The maximum atomic E-state index is 13.0. The molecule has 1 aromatic rings. The maximum Gasteiger partial charge on any atom is 0.316 e. The number of likely N-dealkylation sites (N-methyl/N-ethyl adjacent to an activating group) is 1. The van der Waals surface area contributed by atoms with Crippen molar-refractivity contribution >= 4 is 29.3 Å². The maximum absolute atomic E-state index is 13.0. The number of nitrogens with zero attached hydrogens (tertiary/aromatic N) is 2. The largest absolute Gasteiger partial charge is 0.463 e. The van der Waals surface area contributed by atoms with E-state index in [1.54, 1.807) is 38.3 Å². The first kappa shape index (κ1) is 26.6. The summed E-state index contributed by atoms with van der Waals surface area (Å²) in [6.45, 7) is 5.96. The number of benzene rings is 1. The van der Waals surface area contributed by atoms with Gasteiger partial charge in [0.15, 0.2) is 0 Å². The van der Waals surface area contributed by atoms with Crippen molar-refractivity contribution < 1.29 is 23.9 Å². The molecule has 2 heterocycles. The summed E-state index contributed by atoms with van der Waals surface area (Å²) in [7, 11) is 3.74. The summed E-state index contributed by atoms with van der Waals surface area (Å²) in [5, 5.41) is 0.596. The van der Waals surface area contributed by atoms with Crippen LogP contribution in [0.5, 0.6) is 0 Å². The molecule has 0 radical (unpaired) electrons. The van der Waals surface area contributed by atoms with E-state index in [9.17, 15) is 14.4 Å². The molecule has 2 fully saturated rings. The Kier molecular flexibility index (Phi) is 9.13. The number of halogens is 1. The van der Waals surface area contributed by atoms with E-state index >= 15 is 0 Å². The number of ketones is 1. The van der Waals surface area contributed by atoms with Crippen LogP contribution in [0.2, 0.25) is 5.02 Å². The fourth-order valence-electron chi connectivity index (χ4n) is 5.04. The van der Waals surface area contributed by atoms with E-state index in [2.05, 4.69) is 18.9 Å². The summed E-state index contributed by atoms with van der Waals surface area (Å²) >= 11 is 5.96. The van der Waals surface area contributed by atoms with Gasteiger partial charge in [0, 0.05) is 43.8 Å². The van der Waals surface area contributed by atoms with Crippen LogP contribution in [0.25, 0.3) is 0 Å². The van der Waals surface area contributed by atoms with E-state index in [-0.39, 0.29) is 29.9 Å². The van der Waals surface area contributed by atoms with Crippen molar-refractivity contribution in [1.29, 1.82) is 0 Å². The number of Topliss-reactive ketones (excluding diaryl/α,β-unsaturated/α-hetero) is 1. The van der Waals surface area contributed by atoms with Gasteiger partial charge in [0.25, 0.3) is 5.91 Å². The van der Waals surface area contributed by atoms with Crippen molar-refractivity contribution in [1.82, 2.24) is 9.80 Å². The Morgan fingerprint density at radius 1 is 1.15 bits per heavy atom. The zero-order valence-electron chi connectivity index (χ0n) is 20.7. The van der Waals surface area contributed by atoms with Crippen molar-refractivity contribution in [2.45, 2.75) is 57.6 Å². The number of cyclic esters (lactones) is 1. The second kappa shape index (κ2) is 11.6. The van der Waals surface area contributed by atoms with Gasteiger partial charge >= 0.3 is 5.97 Å². The molecule has 1 amide bonds. The standard InChI is InChI=1S/C26H37ClN2O5/c1-18-15-22(33-4)9-10-23(30)19(2)25(32)34-17-26(28(3)16-18)11-13-29(14-12-26)24(31)20-5-7-21(27)8-6-20/h5-8,18-19,22H,9-17H2,1-4H3/t18-,19?,22?/m1/s1. The SMILES string of the molecule is COC1CCC(=O)C(C)C(=O)OCC2(CCN(C(=O)c3ccc(Cl)cc3)CC2)N(C)C[C@H](C)C1. The minimum absolute atomic E-state index is 0.0219. The number of likely N-dealkylation sites (tertiary alicyclic amines) is 1. The first-order valence-corrected chi connectivity index (χ1v) is 12.5. The van der Waals surface area contributed by atoms with Gasteiger partial charge in [-0.05, 0) is 69.8 Å². The predicted molar refractivity (Wildman–Crippen MR) is 131 cm³/mol. The summed E-state index contributed by atoms with van der Waals surface area (Å²) < 4.78 is 11.4. The Labute approximate surface area is 207 Å². The van der Waals surface area contributed by atoms with E-state index in [0.717, 1.165) is 13.0 Å². The normalized spacial score (nSPS) is 27.4. The molecule has 0 aliphatic carbocycles. The Hall–Kier alpha value is -1.96. The first-order chi connectivity index (χ1) is 16.1. The van der Waals surface area contributed by atoms with Crippen LogP contribution < -0.4 is 0 Å². The van der Waals surface area contributed by atoms with Gasteiger partial charge in [0.1, 0.15) is 18.3 Å². The average Bonchev–Trinajstić information content (AvgIpc) is 2.84. The predicted octanol–water partition coefficient (Wildman–Crippen LogP) is 3.83. The number of esters is 1. The number of piperidine rings is 1. The summed E-state index contributed by atoms with van der Waals surface area (Å²) in [5.74, 6) is -1.05. The zero-order chi connectivity index (χ0) is 24.9. The van der Waals surface area contributed by atoms with Crippen LogP contribution in [0, 0.1) is 11.8 Å². The van der Waals surface area contributed by atoms with Crippen molar-refractivity contribution in [2.24, 2.45) is 11.8 Å². The smallest absolute Gasteiger partial charge is 0.316 e. The first-order valence-electron chi connectivity index (χ1n) is 12.1. The molecule has 0 bridgehead atoms. The molecular formula is C26H37ClN2O5. The van der Waals surface area contributed by atoms with Crippen molar-refractivity contribution in [3.05, 3.63) is 34.9 Å². The Bertz CT molecular complexity index is 866. The van der Waals surface area contributed by atoms with E-state index in [0.29, 0.717) is 55.3 Å². The highest BCUT2D eigenvalue weighted by Gasteiger charge is 2.42. The van der Waals surface area contributed by atoms with Crippen LogP contribution in [0.15, 0.2) is 24.3 Å². The van der Waals surface area contributed by atoms with Crippen LogP contribution in [0.1, 0.15) is 56.3 Å². The second-order valence-corrected chi connectivity index (χ2v) is 10.4. The molecule has 3 atom stereocenters. The van der Waals surface area contributed by atoms with Gasteiger partial charge in [0.05, 0.1) is 11.6 Å². The minimum Gasteiger partial charge on any atom is -0.463 e. The van der Waals surface area contributed by atoms with Gasteiger partial charge in [-0.15, -0.1) is 0 Å².